The number of aromatic nitrogens is 1. The maximum absolute atomic E-state index is 12.2. The first kappa shape index (κ1) is 19.6. The lowest BCUT2D eigenvalue weighted by molar-refractivity contribution is 0.0473. The van der Waals surface area contributed by atoms with Gasteiger partial charge in [0.2, 0.25) is 0 Å². The highest BCUT2D eigenvalue weighted by Crippen LogP contribution is 2.22. The molecule has 0 radical (unpaired) electrons. The van der Waals surface area contributed by atoms with Gasteiger partial charge >= 0.3 is 17.7 Å². The number of nitrogens with one attached hydrogen (secondary N) is 1. The molecule has 1 aromatic carbocycles. The number of pyridine rings is 1. The zero-order chi connectivity index (χ0) is 20.1. The van der Waals surface area contributed by atoms with Crippen LogP contribution in [0, 0.1) is 0 Å². The molecule has 0 saturated carbocycles. The molecule has 1 amide bonds. The Balaban J connectivity index is 1.82. The Morgan fingerprint density at radius 2 is 2.00 bits per heavy atom. The molecule has 1 N–H and O–H groups in total. The molecule has 0 unspecified atom stereocenters. The molecule has 2 aromatic heterocycles. The van der Waals surface area contributed by atoms with Crippen LogP contribution in [0.3, 0.4) is 0 Å². The van der Waals surface area contributed by atoms with E-state index in [9.17, 15) is 14.4 Å². The SMILES string of the molecule is CCOC(=O)Nc1ccc2c(COC(=O)c3cncc(Br)c3)cc(=O)oc2c1. The van der Waals surface area contributed by atoms with Gasteiger partial charge in [-0.2, -0.15) is 0 Å². The van der Waals surface area contributed by atoms with Crippen molar-refractivity contribution in [3.8, 4) is 0 Å². The van der Waals surface area contributed by atoms with Crippen LogP contribution in [0.4, 0.5) is 10.5 Å². The number of hydrogen-bond donors (Lipinski definition) is 1. The van der Waals surface area contributed by atoms with Crippen molar-refractivity contribution in [2.45, 2.75) is 13.5 Å². The van der Waals surface area contributed by atoms with E-state index in [1.807, 2.05) is 0 Å². The molecule has 8 nitrogen and oxygen atoms in total. The predicted molar refractivity (Wildman–Crippen MR) is 104 cm³/mol. The predicted octanol–water partition coefficient (Wildman–Crippen LogP) is 3.88. The van der Waals surface area contributed by atoms with Gasteiger partial charge in [-0.1, -0.05) is 0 Å². The number of halogens is 1. The second kappa shape index (κ2) is 8.66. The van der Waals surface area contributed by atoms with E-state index >= 15 is 0 Å². The zero-order valence-corrected chi connectivity index (χ0v) is 16.3. The topological polar surface area (TPSA) is 108 Å². The molecule has 0 aliphatic carbocycles. The molecule has 0 fully saturated rings. The maximum atomic E-state index is 12.2. The van der Waals surface area contributed by atoms with Crippen molar-refractivity contribution in [3.05, 3.63) is 68.7 Å². The van der Waals surface area contributed by atoms with Crippen LogP contribution in [-0.2, 0) is 16.1 Å². The number of ether oxygens (including phenoxy) is 2. The van der Waals surface area contributed by atoms with Crippen LogP contribution in [0.15, 0.2) is 56.4 Å². The smallest absolute Gasteiger partial charge is 0.411 e. The average Bonchev–Trinajstić information content (AvgIpc) is 2.65. The molecule has 2 heterocycles. The Morgan fingerprint density at radius 1 is 1.18 bits per heavy atom. The van der Waals surface area contributed by atoms with Crippen LogP contribution in [-0.4, -0.2) is 23.7 Å². The van der Waals surface area contributed by atoms with E-state index in [-0.39, 0.29) is 24.4 Å². The van der Waals surface area contributed by atoms with Crippen molar-refractivity contribution in [2.24, 2.45) is 0 Å². The van der Waals surface area contributed by atoms with Crippen molar-refractivity contribution in [1.82, 2.24) is 4.98 Å². The maximum Gasteiger partial charge on any atom is 0.411 e. The Bertz CT molecular complexity index is 1100. The summed E-state index contributed by atoms with van der Waals surface area (Å²) < 4.78 is 15.9. The van der Waals surface area contributed by atoms with Crippen molar-refractivity contribution in [1.29, 1.82) is 0 Å². The van der Waals surface area contributed by atoms with E-state index in [1.165, 1.54) is 18.3 Å². The monoisotopic (exact) mass is 446 g/mol. The first-order valence-electron chi connectivity index (χ1n) is 8.24. The molecule has 0 bridgehead atoms. The largest absolute Gasteiger partial charge is 0.457 e. The summed E-state index contributed by atoms with van der Waals surface area (Å²) in [4.78, 5) is 39.5. The van der Waals surface area contributed by atoms with Crippen LogP contribution < -0.4 is 10.9 Å². The van der Waals surface area contributed by atoms with Gasteiger partial charge in [-0.25, -0.2) is 14.4 Å². The minimum atomic E-state index is -0.614. The number of carbonyl (C=O) groups is 2. The van der Waals surface area contributed by atoms with Gasteiger partial charge in [-0.15, -0.1) is 0 Å². The van der Waals surface area contributed by atoms with Gasteiger partial charge in [-0.05, 0) is 41.1 Å². The molecule has 144 valence electrons. The van der Waals surface area contributed by atoms with Crippen LogP contribution in [0.1, 0.15) is 22.8 Å². The lowest BCUT2D eigenvalue weighted by Gasteiger charge is -2.09. The van der Waals surface area contributed by atoms with Gasteiger partial charge in [0.25, 0.3) is 0 Å². The number of anilines is 1. The van der Waals surface area contributed by atoms with Crippen LogP contribution >= 0.6 is 15.9 Å². The first-order chi connectivity index (χ1) is 13.5. The zero-order valence-electron chi connectivity index (χ0n) is 14.7. The minimum Gasteiger partial charge on any atom is -0.457 e. The summed E-state index contributed by atoms with van der Waals surface area (Å²) in [7, 11) is 0. The fourth-order valence-electron chi connectivity index (χ4n) is 2.46. The van der Waals surface area contributed by atoms with Crippen molar-refractivity contribution >= 4 is 44.6 Å². The summed E-state index contributed by atoms with van der Waals surface area (Å²) in [6.45, 7) is 1.80. The minimum absolute atomic E-state index is 0.127. The van der Waals surface area contributed by atoms with Crippen LogP contribution in [0.25, 0.3) is 11.0 Å². The summed E-state index contributed by atoms with van der Waals surface area (Å²) in [6.07, 6.45) is 2.32. The van der Waals surface area contributed by atoms with E-state index in [0.29, 0.717) is 21.1 Å². The molecule has 0 aliphatic rings. The number of carbonyl (C=O) groups excluding carboxylic acids is 2. The van der Waals surface area contributed by atoms with Gasteiger partial charge < -0.3 is 13.9 Å². The number of benzene rings is 1. The lowest BCUT2D eigenvalue weighted by atomic mass is 10.1. The van der Waals surface area contributed by atoms with Gasteiger partial charge in [0.05, 0.1) is 12.2 Å². The third-order valence-corrected chi connectivity index (χ3v) is 4.09. The number of rotatable bonds is 5. The summed E-state index contributed by atoms with van der Waals surface area (Å²) in [5, 5.41) is 3.11. The molecular formula is C19H15BrN2O6. The second-order valence-corrected chi connectivity index (χ2v) is 6.53. The summed E-state index contributed by atoms with van der Waals surface area (Å²) in [6, 6.07) is 7.62. The third kappa shape index (κ3) is 4.74. The fourth-order valence-corrected chi connectivity index (χ4v) is 2.83. The van der Waals surface area contributed by atoms with Crippen LogP contribution in [0.5, 0.6) is 0 Å². The van der Waals surface area contributed by atoms with Gasteiger partial charge in [0.1, 0.15) is 12.2 Å². The van der Waals surface area contributed by atoms with Crippen molar-refractivity contribution < 1.29 is 23.5 Å². The van der Waals surface area contributed by atoms with Gasteiger partial charge in [0, 0.05) is 45.6 Å². The normalized spacial score (nSPS) is 10.5. The second-order valence-electron chi connectivity index (χ2n) is 5.62. The number of esters is 1. The molecule has 0 saturated heterocycles. The summed E-state index contributed by atoms with van der Waals surface area (Å²) >= 11 is 3.24. The lowest BCUT2D eigenvalue weighted by Crippen LogP contribution is -2.13. The standard InChI is InChI=1S/C19H15BrN2O6/c1-2-26-19(25)22-14-3-4-15-12(6-17(23)28-16(15)7-14)10-27-18(24)11-5-13(20)9-21-8-11/h3-9H,2,10H2,1H3,(H,22,25). The number of amides is 1. The molecule has 9 heteroatoms. The van der Waals surface area contributed by atoms with Crippen LogP contribution in [0.2, 0.25) is 0 Å². The first-order valence-corrected chi connectivity index (χ1v) is 9.04. The van der Waals surface area contributed by atoms with E-state index in [4.69, 9.17) is 13.9 Å². The average molecular weight is 447 g/mol. The number of fused-ring (bicyclic) bond motifs is 1. The fraction of sp³-hybridized carbons (Fsp3) is 0.158. The molecule has 0 spiro atoms. The molecular weight excluding hydrogens is 432 g/mol. The van der Waals surface area contributed by atoms with Gasteiger partial charge in [-0.3, -0.25) is 10.3 Å². The van der Waals surface area contributed by atoms with Crippen molar-refractivity contribution in [3.63, 3.8) is 0 Å². The molecule has 3 rings (SSSR count). The van der Waals surface area contributed by atoms with E-state index in [2.05, 4.69) is 26.2 Å². The number of nitrogens with zero attached hydrogens (tertiary/aromatic N) is 1. The molecule has 0 aliphatic heterocycles. The Labute approximate surface area is 167 Å². The highest BCUT2D eigenvalue weighted by Gasteiger charge is 2.12. The highest BCUT2D eigenvalue weighted by atomic mass is 79.9. The van der Waals surface area contributed by atoms with E-state index in [1.54, 1.807) is 31.3 Å². The van der Waals surface area contributed by atoms with Crippen molar-refractivity contribution in [2.75, 3.05) is 11.9 Å². The quantitative estimate of drug-likeness (QED) is 0.467. The van der Waals surface area contributed by atoms with E-state index in [0.717, 1.165) is 0 Å². The van der Waals surface area contributed by atoms with E-state index < -0.39 is 17.7 Å². The number of hydrogen-bond acceptors (Lipinski definition) is 7. The summed E-state index contributed by atoms with van der Waals surface area (Å²) in [5.41, 5.74) is 0.809. The van der Waals surface area contributed by atoms with Gasteiger partial charge in [0.15, 0.2) is 0 Å². The molecule has 0 atom stereocenters. The summed E-state index contributed by atoms with van der Waals surface area (Å²) in [5.74, 6) is -0.573. The third-order valence-electron chi connectivity index (χ3n) is 3.65. The Kier molecular flexibility index (Phi) is 6.05. The Hall–Kier alpha value is -3.20. The molecule has 3 aromatic rings. The highest BCUT2D eigenvalue weighted by molar-refractivity contribution is 9.10. The molecule has 28 heavy (non-hydrogen) atoms. The Morgan fingerprint density at radius 3 is 2.75 bits per heavy atom.